The minimum Gasteiger partial charge on any atom is -0.346 e. The molecule has 1 aliphatic heterocycles. The van der Waals surface area contributed by atoms with Crippen LogP contribution in [0.2, 0.25) is 0 Å². The predicted molar refractivity (Wildman–Crippen MR) is 88.9 cm³/mol. The van der Waals surface area contributed by atoms with Crippen molar-refractivity contribution in [1.82, 2.24) is 4.57 Å². The number of aryl methyl sites for hydroxylation is 1. The quantitative estimate of drug-likeness (QED) is 0.798. The number of carbonyl (C=O) groups excluding carboxylic acids is 2. The molecular formula is C17H18N2O2S. The van der Waals surface area contributed by atoms with Gasteiger partial charge in [-0.1, -0.05) is 19.1 Å². The zero-order valence-corrected chi connectivity index (χ0v) is 13.7. The van der Waals surface area contributed by atoms with Crippen LogP contribution >= 0.6 is 11.8 Å². The van der Waals surface area contributed by atoms with E-state index in [-0.39, 0.29) is 11.7 Å². The fourth-order valence-corrected chi connectivity index (χ4v) is 3.80. The summed E-state index contributed by atoms with van der Waals surface area (Å²) in [4.78, 5) is 27.4. The van der Waals surface area contributed by atoms with Crippen molar-refractivity contribution in [3.63, 3.8) is 0 Å². The van der Waals surface area contributed by atoms with Crippen molar-refractivity contribution in [2.45, 2.75) is 24.0 Å². The van der Waals surface area contributed by atoms with Crippen molar-refractivity contribution in [1.29, 1.82) is 0 Å². The van der Waals surface area contributed by atoms with E-state index in [2.05, 4.69) is 6.92 Å². The molecule has 0 bridgehead atoms. The average Bonchev–Trinajstić information content (AvgIpc) is 2.88. The second-order valence-electron chi connectivity index (χ2n) is 5.59. The van der Waals surface area contributed by atoms with E-state index in [1.165, 1.54) is 6.92 Å². The van der Waals surface area contributed by atoms with Gasteiger partial charge in [-0.3, -0.25) is 9.59 Å². The van der Waals surface area contributed by atoms with Gasteiger partial charge in [0.2, 0.25) is 0 Å². The van der Waals surface area contributed by atoms with Gasteiger partial charge in [0, 0.05) is 35.5 Å². The first-order valence-corrected chi connectivity index (χ1v) is 8.10. The molecule has 1 aromatic carbocycles. The van der Waals surface area contributed by atoms with Gasteiger partial charge >= 0.3 is 0 Å². The number of Topliss-reactive ketones (excluding diaryl/α,β-unsaturated/α-hetero) is 1. The topological polar surface area (TPSA) is 42.3 Å². The van der Waals surface area contributed by atoms with Crippen molar-refractivity contribution in [2.75, 3.05) is 11.4 Å². The molecule has 2 heterocycles. The molecule has 3 rings (SSSR count). The van der Waals surface area contributed by atoms with Crippen molar-refractivity contribution >= 4 is 29.1 Å². The van der Waals surface area contributed by atoms with Crippen molar-refractivity contribution in [3.05, 3.63) is 47.8 Å². The second kappa shape index (κ2) is 5.65. The van der Waals surface area contributed by atoms with Crippen LogP contribution in [0.15, 0.2) is 41.4 Å². The Hall–Kier alpha value is -2.01. The molecule has 1 aromatic heterocycles. The molecule has 22 heavy (non-hydrogen) atoms. The first kappa shape index (κ1) is 14.9. The Morgan fingerprint density at radius 1 is 1.27 bits per heavy atom. The Morgan fingerprint density at radius 3 is 2.68 bits per heavy atom. The van der Waals surface area contributed by atoms with E-state index in [0.29, 0.717) is 23.1 Å². The molecule has 0 radical (unpaired) electrons. The Balaban J connectivity index is 2.01. The van der Waals surface area contributed by atoms with Gasteiger partial charge < -0.3 is 9.47 Å². The minimum atomic E-state index is -0.0606. The standard InChI is InChI=1S/C17H18N2O2S/c1-11-9-19(14-6-4-5-7-16(14)22-11)17(21)15-8-13(12(2)20)10-18(15)3/h4-8,10-11H,9H2,1-3H3/t11-/m1/s1. The molecule has 0 N–H and O–H groups in total. The third-order valence-electron chi connectivity index (χ3n) is 3.80. The molecule has 1 atom stereocenters. The summed E-state index contributed by atoms with van der Waals surface area (Å²) >= 11 is 1.79. The van der Waals surface area contributed by atoms with Crippen LogP contribution in [0.1, 0.15) is 34.7 Å². The van der Waals surface area contributed by atoms with Gasteiger partial charge in [-0.2, -0.15) is 0 Å². The van der Waals surface area contributed by atoms with Gasteiger partial charge in [-0.25, -0.2) is 0 Å². The van der Waals surface area contributed by atoms with Crippen LogP contribution in [0, 0.1) is 0 Å². The van der Waals surface area contributed by atoms with Crippen LogP contribution in [0.3, 0.4) is 0 Å². The zero-order valence-electron chi connectivity index (χ0n) is 12.9. The van der Waals surface area contributed by atoms with Crippen LogP contribution in [-0.4, -0.2) is 28.1 Å². The van der Waals surface area contributed by atoms with Crippen LogP contribution in [0.4, 0.5) is 5.69 Å². The smallest absolute Gasteiger partial charge is 0.274 e. The lowest BCUT2D eigenvalue weighted by atomic mass is 10.2. The molecule has 2 aromatic rings. The maximum absolute atomic E-state index is 12.9. The molecule has 1 amide bonds. The Labute approximate surface area is 134 Å². The van der Waals surface area contributed by atoms with Crippen molar-refractivity contribution in [2.24, 2.45) is 7.05 Å². The maximum atomic E-state index is 12.9. The molecule has 0 unspecified atom stereocenters. The molecule has 0 fully saturated rings. The van der Waals surface area contributed by atoms with Crippen molar-refractivity contribution in [3.8, 4) is 0 Å². The fraction of sp³-hybridized carbons (Fsp3) is 0.294. The van der Waals surface area contributed by atoms with E-state index in [1.807, 2.05) is 29.2 Å². The monoisotopic (exact) mass is 314 g/mol. The van der Waals surface area contributed by atoms with E-state index in [1.54, 1.807) is 35.6 Å². The number of fused-ring (bicyclic) bond motifs is 1. The fourth-order valence-electron chi connectivity index (χ4n) is 2.69. The summed E-state index contributed by atoms with van der Waals surface area (Å²) < 4.78 is 1.73. The van der Waals surface area contributed by atoms with E-state index < -0.39 is 0 Å². The highest BCUT2D eigenvalue weighted by atomic mass is 32.2. The van der Waals surface area contributed by atoms with Gasteiger partial charge in [0.05, 0.1) is 5.69 Å². The molecule has 1 aliphatic rings. The van der Waals surface area contributed by atoms with E-state index >= 15 is 0 Å². The molecular weight excluding hydrogens is 296 g/mol. The van der Waals surface area contributed by atoms with Crippen LogP contribution < -0.4 is 4.90 Å². The van der Waals surface area contributed by atoms with E-state index in [4.69, 9.17) is 0 Å². The normalized spacial score (nSPS) is 17.2. The lowest BCUT2D eigenvalue weighted by molar-refractivity contribution is 0.0978. The molecule has 4 nitrogen and oxygen atoms in total. The number of aromatic nitrogens is 1. The summed E-state index contributed by atoms with van der Waals surface area (Å²) in [6.07, 6.45) is 1.71. The van der Waals surface area contributed by atoms with Gasteiger partial charge in [-0.05, 0) is 25.1 Å². The Kier molecular flexibility index (Phi) is 3.83. The average molecular weight is 314 g/mol. The summed E-state index contributed by atoms with van der Waals surface area (Å²) in [5, 5.41) is 0.339. The van der Waals surface area contributed by atoms with Crippen LogP contribution in [0.25, 0.3) is 0 Å². The summed E-state index contributed by atoms with van der Waals surface area (Å²) in [7, 11) is 1.80. The number of ketones is 1. The van der Waals surface area contributed by atoms with Gasteiger partial charge in [-0.15, -0.1) is 11.8 Å². The maximum Gasteiger partial charge on any atom is 0.274 e. The molecule has 0 saturated carbocycles. The second-order valence-corrected chi connectivity index (χ2v) is 7.07. The van der Waals surface area contributed by atoms with Crippen molar-refractivity contribution < 1.29 is 9.59 Å². The lowest BCUT2D eigenvalue weighted by Gasteiger charge is -2.32. The molecule has 114 valence electrons. The predicted octanol–water partition coefficient (Wildman–Crippen LogP) is 3.37. The van der Waals surface area contributed by atoms with Crippen LogP contribution in [0.5, 0.6) is 0 Å². The molecule has 0 aliphatic carbocycles. The van der Waals surface area contributed by atoms with Gasteiger partial charge in [0.15, 0.2) is 5.78 Å². The largest absolute Gasteiger partial charge is 0.346 e. The highest BCUT2D eigenvalue weighted by Crippen LogP contribution is 2.38. The number of thioether (sulfide) groups is 1. The van der Waals surface area contributed by atoms with Gasteiger partial charge in [0.25, 0.3) is 5.91 Å². The number of rotatable bonds is 2. The van der Waals surface area contributed by atoms with E-state index in [9.17, 15) is 9.59 Å². The lowest BCUT2D eigenvalue weighted by Crippen LogP contribution is -2.39. The van der Waals surface area contributed by atoms with E-state index in [0.717, 1.165) is 10.6 Å². The number of para-hydroxylation sites is 1. The summed E-state index contributed by atoms with van der Waals surface area (Å²) in [5.74, 6) is -0.0905. The number of nitrogens with zero attached hydrogens (tertiary/aromatic N) is 2. The number of carbonyl (C=O) groups is 2. The molecule has 5 heteroatoms. The SMILES string of the molecule is CC(=O)c1cc(C(=O)N2C[C@@H](C)Sc3ccccc32)n(C)c1. The third-order valence-corrected chi connectivity index (χ3v) is 4.95. The number of benzene rings is 1. The number of hydrogen-bond acceptors (Lipinski definition) is 3. The Morgan fingerprint density at radius 2 is 2.00 bits per heavy atom. The molecule has 0 spiro atoms. The minimum absolute atomic E-state index is 0.0300. The van der Waals surface area contributed by atoms with Gasteiger partial charge in [0.1, 0.15) is 5.69 Å². The highest BCUT2D eigenvalue weighted by molar-refractivity contribution is 8.00. The first-order chi connectivity index (χ1) is 10.5. The number of amides is 1. The number of anilines is 1. The third kappa shape index (κ3) is 2.57. The molecule has 0 saturated heterocycles. The highest BCUT2D eigenvalue weighted by Gasteiger charge is 2.29. The summed E-state index contributed by atoms with van der Waals surface area (Å²) in [6, 6.07) is 9.63. The zero-order chi connectivity index (χ0) is 15.9. The number of hydrogen-bond donors (Lipinski definition) is 0. The summed E-state index contributed by atoms with van der Waals surface area (Å²) in [5.41, 5.74) is 2.05. The first-order valence-electron chi connectivity index (χ1n) is 7.22. The summed E-state index contributed by atoms with van der Waals surface area (Å²) in [6.45, 7) is 4.30. The van der Waals surface area contributed by atoms with Crippen LogP contribution in [-0.2, 0) is 7.05 Å². The Bertz CT molecular complexity index is 751.